The highest BCUT2D eigenvalue weighted by molar-refractivity contribution is 5.83. The normalized spacial score (nSPS) is 10.8. The second kappa shape index (κ2) is 6.33. The van der Waals surface area contributed by atoms with Crippen LogP contribution in [0.4, 0.5) is 4.39 Å². The second-order valence-electron chi connectivity index (χ2n) is 4.33. The first-order valence-electron chi connectivity index (χ1n) is 6.24. The largest absolute Gasteiger partial charge is 0.469 e. The lowest BCUT2D eigenvalue weighted by molar-refractivity contribution is -0.140. The van der Waals surface area contributed by atoms with Gasteiger partial charge < -0.3 is 15.0 Å². The highest BCUT2D eigenvalue weighted by Gasteiger charge is 2.05. The molecule has 5 heteroatoms. The zero-order valence-corrected chi connectivity index (χ0v) is 10.8. The van der Waals surface area contributed by atoms with E-state index in [1.165, 1.54) is 19.2 Å². The highest BCUT2D eigenvalue weighted by Crippen LogP contribution is 2.19. The van der Waals surface area contributed by atoms with Crippen LogP contribution in [0.1, 0.15) is 12.0 Å². The Hall–Kier alpha value is -1.88. The van der Waals surface area contributed by atoms with Crippen molar-refractivity contribution in [3.8, 4) is 0 Å². The van der Waals surface area contributed by atoms with Crippen LogP contribution in [0.15, 0.2) is 24.4 Å². The fourth-order valence-corrected chi connectivity index (χ4v) is 2.00. The van der Waals surface area contributed by atoms with Gasteiger partial charge in [0.15, 0.2) is 0 Å². The first-order chi connectivity index (χ1) is 9.20. The molecule has 2 aromatic rings. The summed E-state index contributed by atoms with van der Waals surface area (Å²) in [4.78, 5) is 14.0. The third-order valence-electron chi connectivity index (χ3n) is 3.03. The molecule has 1 aromatic carbocycles. The molecule has 102 valence electrons. The molecule has 0 saturated carbocycles. The van der Waals surface area contributed by atoms with E-state index in [0.29, 0.717) is 13.0 Å². The van der Waals surface area contributed by atoms with Crippen LogP contribution in [0.2, 0.25) is 0 Å². The molecule has 1 heterocycles. The van der Waals surface area contributed by atoms with Crippen LogP contribution in [0, 0.1) is 5.82 Å². The number of nitrogens with one attached hydrogen (secondary N) is 2. The number of H-pyrrole nitrogens is 1. The molecular weight excluding hydrogens is 247 g/mol. The Morgan fingerprint density at radius 3 is 3.05 bits per heavy atom. The summed E-state index contributed by atoms with van der Waals surface area (Å²) in [5.41, 5.74) is 2.01. The predicted octanol–water partition coefficient (Wildman–Crippen LogP) is 2.00. The average molecular weight is 264 g/mol. The summed E-state index contributed by atoms with van der Waals surface area (Å²) in [7, 11) is 1.38. The SMILES string of the molecule is COC(=O)CCNCCc1c[nH]c2ccc(F)cc12. The average Bonchev–Trinajstić information content (AvgIpc) is 2.80. The topological polar surface area (TPSA) is 54.1 Å². The lowest BCUT2D eigenvalue weighted by Gasteiger charge is -2.03. The van der Waals surface area contributed by atoms with E-state index in [1.807, 2.05) is 6.20 Å². The zero-order chi connectivity index (χ0) is 13.7. The maximum absolute atomic E-state index is 13.2. The van der Waals surface area contributed by atoms with E-state index in [9.17, 15) is 9.18 Å². The summed E-state index contributed by atoms with van der Waals surface area (Å²) in [5, 5.41) is 4.07. The quantitative estimate of drug-likeness (QED) is 0.620. The predicted molar refractivity (Wildman–Crippen MR) is 71.5 cm³/mol. The molecule has 0 atom stereocenters. The minimum absolute atomic E-state index is 0.221. The number of carbonyl (C=O) groups is 1. The minimum atomic E-state index is -0.230. The fraction of sp³-hybridized carbons (Fsp3) is 0.357. The number of benzene rings is 1. The number of carbonyl (C=O) groups excluding carboxylic acids is 1. The molecule has 0 saturated heterocycles. The number of aromatic amines is 1. The van der Waals surface area contributed by atoms with E-state index in [4.69, 9.17) is 0 Å². The van der Waals surface area contributed by atoms with Crippen molar-refractivity contribution in [2.24, 2.45) is 0 Å². The zero-order valence-electron chi connectivity index (χ0n) is 10.8. The third-order valence-corrected chi connectivity index (χ3v) is 3.03. The number of hydrogen-bond acceptors (Lipinski definition) is 3. The van der Waals surface area contributed by atoms with Gasteiger partial charge in [-0.2, -0.15) is 0 Å². The van der Waals surface area contributed by atoms with Gasteiger partial charge in [0.25, 0.3) is 0 Å². The van der Waals surface area contributed by atoms with Crippen LogP contribution in [-0.2, 0) is 16.0 Å². The van der Waals surface area contributed by atoms with Crippen LogP contribution >= 0.6 is 0 Å². The lowest BCUT2D eigenvalue weighted by atomic mass is 10.1. The fourth-order valence-electron chi connectivity index (χ4n) is 2.00. The summed E-state index contributed by atoms with van der Waals surface area (Å²) < 4.78 is 17.7. The Morgan fingerprint density at radius 1 is 1.42 bits per heavy atom. The van der Waals surface area contributed by atoms with Gasteiger partial charge in [-0.3, -0.25) is 4.79 Å². The molecule has 4 nitrogen and oxygen atoms in total. The van der Waals surface area contributed by atoms with Crippen molar-refractivity contribution in [2.75, 3.05) is 20.2 Å². The number of ether oxygens (including phenoxy) is 1. The van der Waals surface area contributed by atoms with Gasteiger partial charge in [-0.25, -0.2) is 4.39 Å². The van der Waals surface area contributed by atoms with Crippen molar-refractivity contribution in [3.05, 3.63) is 35.8 Å². The molecule has 2 N–H and O–H groups in total. The van der Waals surface area contributed by atoms with E-state index < -0.39 is 0 Å². The Bertz CT molecular complexity index is 566. The van der Waals surface area contributed by atoms with Crippen LogP contribution in [0.5, 0.6) is 0 Å². The van der Waals surface area contributed by atoms with Gasteiger partial charge in [0.1, 0.15) is 5.82 Å². The molecule has 0 fully saturated rings. The Kier molecular flexibility index (Phi) is 4.52. The Morgan fingerprint density at radius 2 is 2.26 bits per heavy atom. The Labute approximate surface area is 111 Å². The van der Waals surface area contributed by atoms with Crippen LogP contribution in [-0.4, -0.2) is 31.2 Å². The number of esters is 1. The number of halogens is 1. The molecule has 2 rings (SSSR count). The third kappa shape index (κ3) is 3.54. The molecule has 0 aliphatic carbocycles. The second-order valence-corrected chi connectivity index (χ2v) is 4.33. The van der Waals surface area contributed by atoms with E-state index in [1.54, 1.807) is 6.07 Å². The van der Waals surface area contributed by atoms with E-state index in [-0.39, 0.29) is 11.8 Å². The molecule has 0 aliphatic rings. The van der Waals surface area contributed by atoms with Crippen molar-refractivity contribution < 1.29 is 13.9 Å². The number of hydrogen-bond donors (Lipinski definition) is 2. The summed E-state index contributed by atoms with van der Waals surface area (Å²) in [5.74, 6) is -0.450. The first kappa shape index (κ1) is 13.5. The monoisotopic (exact) mass is 264 g/mol. The standard InChI is InChI=1S/C14H17FN2O2/c1-19-14(18)5-7-16-6-4-10-9-17-13-3-2-11(15)8-12(10)13/h2-3,8-9,16-17H,4-7H2,1H3. The van der Waals surface area contributed by atoms with Gasteiger partial charge in [-0.15, -0.1) is 0 Å². The van der Waals surface area contributed by atoms with Gasteiger partial charge >= 0.3 is 5.97 Å². The van der Waals surface area contributed by atoms with E-state index in [2.05, 4.69) is 15.0 Å². The minimum Gasteiger partial charge on any atom is -0.469 e. The molecule has 0 spiro atoms. The van der Waals surface area contributed by atoms with Gasteiger partial charge in [0, 0.05) is 23.6 Å². The van der Waals surface area contributed by atoms with Crippen molar-refractivity contribution in [1.29, 1.82) is 0 Å². The van der Waals surface area contributed by atoms with Gasteiger partial charge in [-0.1, -0.05) is 0 Å². The number of aromatic nitrogens is 1. The maximum atomic E-state index is 13.2. The molecule has 0 aliphatic heterocycles. The molecule has 0 radical (unpaired) electrons. The molecule has 0 bridgehead atoms. The smallest absolute Gasteiger partial charge is 0.306 e. The molecule has 0 amide bonds. The van der Waals surface area contributed by atoms with Crippen LogP contribution < -0.4 is 5.32 Å². The van der Waals surface area contributed by atoms with Crippen molar-refractivity contribution >= 4 is 16.9 Å². The number of rotatable bonds is 6. The maximum Gasteiger partial charge on any atom is 0.306 e. The van der Waals surface area contributed by atoms with Crippen LogP contribution in [0.25, 0.3) is 10.9 Å². The van der Waals surface area contributed by atoms with E-state index >= 15 is 0 Å². The van der Waals surface area contributed by atoms with Gasteiger partial charge in [0.05, 0.1) is 13.5 Å². The van der Waals surface area contributed by atoms with Gasteiger partial charge in [0.2, 0.25) is 0 Å². The lowest BCUT2D eigenvalue weighted by Crippen LogP contribution is -2.21. The highest BCUT2D eigenvalue weighted by atomic mass is 19.1. The molecule has 1 aromatic heterocycles. The summed E-state index contributed by atoms with van der Waals surface area (Å²) >= 11 is 0. The van der Waals surface area contributed by atoms with Gasteiger partial charge in [-0.05, 0) is 36.7 Å². The number of methoxy groups -OCH3 is 1. The van der Waals surface area contributed by atoms with Crippen molar-refractivity contribution in [2.45, 2.75) is 12.8 Å². The molecule has 0 unspecified atom stereocenters. The Balaban J connectivity index is 1.85. The summed E-state index contributed by atoms with van der Waals surface area (Å²) in [6, 6.07) is 4.71. The van der Waals surface area contributed by atoms with E-state index in [0.717, 1.165) is 29.4 Å². The van der Waals surface area contributed by atoms with Crippen LogP contribution in [0.3, 0.4) is 0 Å². The molecule has 19 heavy (non-hydrogen) atoms. The molecular formula is C14H17FN2O2. The van der Waals surface area contributed by atoms with Crippen molar-refractivity contribution in [3.63, 3.8) is 0 Å². The first-order valence-corrected chi connectivity index (χ1v) is 6.24. The summed E-state index contributed by atoms with van der Waals surface area (Å²) in [6.07, 6.45) is 3.04. The number of fused-ring (bicyclic) bond motifs is 1. The summed E-state index contributed by atoms with van der Waals surface area (Å²) in [6.45, 7) is 1.32. The van der Waals surface area contributed by atoms with Crippen molar-refractivity contribution in [1.82, 2.24) is 10.3 Å².